The van der Waals surface area contributed by atoms with Crippen molar-refractivity contribution < 1.29 is 4.79 Å². The molecule has 2 N–H and O–H groups in total. The van der Waals surface area contributed by atoms with Crippen molar-refractivity contribution in [3.05, 3.63) is 83.1 Å². The molecule has 4 heteroatoms. The van der Waals surface area contributed by atoms with Gasteiger partial charge in [0.1, 0.15) is 11.6 Å². The van der Waals surface area contributed by atoms with Crippen LogP contribution in [0.1, 0.15) is 49.5 Å². The van der Waals surface area contributed by atoms with Gasteiger partial charge in [-0.2, -0.15) is 5.26 Å². The van der Waals surface area contributed by atoms with Crippen LogP contribution in [-0.2, 0) is 11.2 Å². The van der Waals surface area contributed by atoms with Crippen molar-refractivity contribution in [3.63, 3.8) is 0 Å². The number of rotatable bonds is 7. The van der Waals surface area contributed by atoms with E-state index in [-0.39, 0.29) is 23.6 Å². The standard InChI is InChI=1S/C22H25N3O/c1-4-18-10-12-20(13-11-18)16(2)24-15-21(14-23)22(26)25-17(3)19-8-6-5-7-9-19/h5-13,15-17,24H,4H2,1-3H3,(H,25,26)/b21-15-. The van der Waals surface area contributed by atoms with Gasteiger partial charge in [-0.25, -0.2) is 0 Å². The molecule has 0 aliphatic carbocycles. The Labute approximate surface area is 155 Å². The second-order valence-corrected chi connectivity index (χ2v) is 6.26. The quantitative estimate of drug-likeness (QED) is 0.583. The lowest BCUT2D eigenvalue weighted by Gasteiger charge is -2.15. The second-order valence-electron chi connectivity index (χ2n) is 6.26. The third-order valence-electron chi connectivity index (χ3n) is 4.38. The summed E-state index contributed by atoms with van der Waals surface area (Å²) in [5.74, 6) is -0.384. The van der Waals surface area contributed by atoms with Gasteiger partial charge < -0.3 is 10.6 Å². The van der Waals surface area contributed by atoms with Crippen LogP contribution in [0, 0.1) is 11.3 Å². The Morgan fingerprint density at radius 2 is 1.65 bits per heavy atom. The second kappa shape index (κ2) is 9.43. The van der Waals surface area contributed by atoms with E-state index < -0.39 is 0 Å². The molecule has 0 aliphatic rings. The Morgan fingerprint density at radius 3 is 2.23 bits per heavy atom. The normalized spacial score (nSPS) is 13.4. The van der Waals surface area contributed by atoms with Crippen LogP contribution in [-0.4, -0.2) is 5.91 Å². The Bertz CT molecular complexity index is 788. The first-order chi connectivity index (χ1) is 12.5. The highest BCUT2D eigenvalue weighted by Gasteiger charge is 2.14. The van der Waals surface area contributed by atoms with Gasteiger partial charge in [0.15, 0.2) is 0 Å². The van der Waals surface area contributed by atoms with Gasteiger partial charge in [-0.05, 0) is 37.0 Å². The zero-order valence-corrected chi connectivity index (χ0v) is 15.5. The lowest BCUT2D eigenvalue weighted by atomic mass is 10.1. The smallest absolute Gasteiger partial charge is 0.263 e. The number of aryl methyl sites for hydroxylation is 1. The van der Waals surface area contributed by atoms with E-state index in [1.54, 1.807) is 0 Å². The Kier molecular flexibility index (Phi) is 6.99. The molecule has 2 aromatic carbocycles. The van der Waals surface area contributed by atoms with Gasteiger partial charge >= 0.3 is 0 Å². The van der Waals surface area contributed by atoms with Gasteiger partial charge in [0.05, 0.1) is 6.04 Å². The zero-order valence-electron chi connectivity index (χ0n) is 15.5. The molecule has 0 heterocycles. The molecule has 0 aromatic heterocycles. The number of benzene rings is 2. The first-order valence-corrected chi connectivity index (χ1v) is 8.86. The summed E-state index contributed by atoms with van der Waals surface area (Å²) in [4.78, 5) is 12.3. The van der Waals surface area contributed by atoms with Crippen molar-refractivity contribution >= 4 is 5.91 Å². The van der Waals surface area contributed by atoms with Gasteiger partial charge in [-0.1, -0.05) is 61.5 Å². The van der Waals surface area contributed by atoms with E-state index >= 15 is 0 Å². The summed E-state index contributed by atoms with van der Waals surface area (Å²) >= 11 is 0. The van der Waals surface area contributed by atoms with Crippen molar-refractivity contribution in [1.29, 1.82) is 5.26 Å². The van der Waals surface area contributed by atoms with E-state index in [1.165, 1.54) is 11.8 Å². The molecule has 0 radical (unpaired) electrons. The third kappa shape index (κ3) is 5.22. The van der Waals surface area contributed by atoms with Gasteiger partial charge in [-0.15, -0.1) is 0 Å². The number of hydrogen-bond acceptors (Lipinski definition) is 3. The lowest BCUT2D eigenvalue weighted by molar-refractivity contribution is -0.117. The summed E-state index contributed by atoms with van der Waals surface area (Å²) in [6, 6.07) is 19.8. The summed E-state index contributed by atoms with van der Waals surface area (Å²) in [6.07, 6.45) is 2.49. The van der Waals surface area contributed by atoms with Gasteiger partial charge in [0.25, 0.3) is 5.91 Å². The zero-order chi connectivity index (χ0) is 18.9. The van der Waals surface area contributed by atoms with E-state index in [0.29, 0.717) is 0 Å². The fraction of sp³-hybridized carbons (Fsp3) is 0.273. The molecule has 134 valence electrons. The van der Waals surface area contributed by atoms with Crippen molar-refractivity contribution in [3.8, 4) is 6.07 Å². The number of nitriles is 1. The SMILES string of the molecule is CCc1ccc(C(C)N/C=C(/C#N)C(=O)NC(C)c2ccccc2)cc1. The van der Waals surface area contributed by atoms with E-state index in [1.807, 2.05) is 50.2 Å². The van der Waals surface area contributed by atoms with Crippen LogP contribution in [0.5, 0.6) is 0 Å². The van der Waals surface area contributed by atoms with Crippen LogP contribution in [0.15, 0.2) is 66.4 Å². The Balaban J connectivity index is 1.99. The van der Waals surface area contributed by atoms with Crippen LogP contribution < -0.4 is 10.6 Å². The molecule has 2 aromatic rings. The molecule has 0 spiro atoms. The van der Waals surface area contributed by atoms with E-state index in [0.717, 1.165) is 17.5 Å². The highest BCUT2D eigenvalue weighted by atomic mass is 16.1. The molecule has 1 amide bonds. The maximum Gasteiger partial charge on any atom is 0.263 e. The van der Waals surface area contributed by atoms with Gasteiger partial charge in [-0.3, -0.25) is 4.79 Å². The number of hydrogen-bond donors (Lipinski definition) is 2. The van der Waals surface area contributed by atoms with Crippen LogP contribution in [0.25, 0.3) is 0 Å². The molecule has 26 heavy (non-hydrogen) atoms. The number of amides is 1. The minimum atomic E-state index is -0.384. The fourth-order valence-corrected chi connectivity index (χ4v) is 2.59. The molecule has 2 rings (SSSR count). The molecule has 4 nitrogen and oxygen atoms in total. The molecule has 0 saturated heterocycles. The number of nitrogens with one attached hydrogen (secondary N) is 2. The van der Waals surface area contributed by atoms with Gasteiger partial charge in [0.2, 0.25) is 0 Å². The molecule has 2 atom stereocenters. The number of nitrogens with zero attached hydrogens (tertiary/aromatic N) is 1. The van der Waals surface area contributed by atoms with Crippen LogP contribution >= 0.6 is 0 Å². The Hall–Kier alpha value is -3.06. The molecule has 2 unspecified atom stereocenters. The molecule has 0 fully saturated rings. The minimum absolute atomic E-state index is 0.00334. The first kappa shape index (κ1) is 19.3. The third-order valence-corrected chi connectivity index (χ3v) is 4.38. The topological polar surface area (TPSA) is 64.9 Å². The summed E-state index contributed by atoms with van der Waals surface area (Å²) in [5.41, 5.74) is 3.44. The van der Waals surface area contributed by atoms with Crippen LogP contribution in [0.4, 0.5) is 0 Å². The summed E-state index contributed by atoms with van der Waals surface area (Å²) in [5, 5.41) is 15.3. The van der Waals surface area contributed by atoms with E-state index in [9.17, 15) is 10.1 Å². The minimum Gasteiger partial charge on any atom is -0.383 e. The summed E-state index contributed by atoms with van der Waals surface area (Å²) in [7, 11) is 0. The van der Waals surface area contributed by atoms with Crippen molar-refractivity contribution in [2.24, 2.45) is 0 Å². The monoisotopic (exact) mass is 347 g/mol. The van der Waals surface area contributed by atoms with Crippen molar-refractivity contribution in [2.45, 2.75) is 39.3 Å². The molecule has 0 aliphatic heterocycles. The predicted molar refractivity (Wildman–Crippen MR) is 104 cm³/mol. The average molecular weight is 347 g/mol. The summed E-state index contributed by atoms with van der Waals surface area (Å²) in [6.45, 7) is 6.01. The summed E-state index contributed by atoms with van der Waals surface area (Å²) < 4.78 is 0. The molecule has 0 bridgehead atoms. The van der Waals surface area contributed by atoms with Crippen LogP contribution in [0.3, 0.4) is 0 Å². The predicted octanol–water partition coefficient (Wildman–Crippen LogP) is 4.18. The number of carbonyl (C=O) groups excluding carboxylic acids is 1. The van der Waals surface area contributed by atoms with E-state index in [2.05, 4.69) is 41.8 Å². The highest BCUT2D eigenvalue weighted by Crippen LogP contribution is 2.15. The Morgan fingerprint density at radius 1 is 1.04 bits per heavy atom. The van der Waals surface area contributed by atoms with Crippen molar-refractivity contribution in [2.75, 3.05) is 0 Å². The fourth-order valence-electron chi connectivity index (χ4n) is 2.59. The van der Waals surface area contributed by atoms with E-state index in [4.69, 9.17) is 0 Å². The maximum atomic E-state index is 12.3. The van der Waals surface area contributed by atoms with Gasteiger partial charge in [0, 0.05) is 12.2 Å². The highest BCUT2D eigenvalue weighted by molar-refractivity contribution is 5.97. The van der Waals surface area contributed by atoms with Crippen LogP contribution in [0.2, 0.25) is 0 Å². The number of carbonyl (C=O) groups is 1. The largest absolute Gasteiger partial charge is 0.383 e. The average Bonchev–Trinajstić information content (AvgIpc) is 2.69. The molecular formula is C22H25N3O. The molecule has 0 saturated carbocycles. The lowest BCUT2D eigenvalue weighted by Crippen LogP contribution is -2.28. The maximum absolute atomic E-state index is 12.3. The van der Waals surface area contributed by atoms with Crippen molar-refractivity contribution in [1.82, 2.24) is 10.6 Å². The molecular weight excluding hydrogens is 322 g/mol. The first-order valence-electron chi connectivity index (χ1n) is 8.86.